The normalized spacial score (nSPS) is 15.5. The molecule has 1 aromatic carbocycles. The minimum atomic E-state index is -0.646. The smallest absolute Gasteiger partial charge is 0.410 e. The van der Waals surface area contributed by atoms with Gasteiger partial charge in [-0.1, -0.05) is 23.8 Å². The van der Waals surface area contributed by atoms with Crippen LogP contribution in [0.5, 0.6) is 0 Å². The van der Waals surface area contributed by atoms with Crippen LogP contribution >= 0.6 is 0 Å². The summed E-state index contributed by atoms with van der Waals surface area (Å²) < 4.78 is 5.37. The molecule has 1 aromatic rings. The summed E-state index contributed by atoms with van der Waals surface area (Å²) in [5, 5.41) is 27.3. The maximum Gasteiger partial charge on any atom is 0.410 e. The number of aliphatic hydroxyl groups is 1. The van der Waals surface area contributed by atoms with Crippen molar-refractivity contribution in [2.24, 2.45) is 0 Å². The Labute approximate surface area is 160 Å². The lowest BCUT2D eigenvalue weighted by molar-refractivity contribution is 0.0264. The summed E-state index contributed by atoms with van der Waals surface area (Å²) in [4.78, 5) is 13.7. The quantitative estimate of drug-likeness (QED) is 0.612. The fraction of sp³-hybridized carbons (Fsp3) is 0.476. The van der Waals surface area contributed by atoms with Crippen molar-refractivity contribution in [3.05, 3.63) is 47.0 Å². The van der Waals surface area contributed by atoms with Gasteiger partial charge in [0.15, 0.2) is 0 Å². The largest absolute Gasteiger partial charge is 0.444 e. The maximum absolute atomic E-state index is 12.1. The van der Waals surface area contributed by atoms with E-state index in [0.29, 0.717) is 42.8 Å². The number of ether oxygens (including phenoxy) is 1. The minimum Gasteiger partial charge on any atom is -0.444 e. The Morgan fingerprint density at radius 1 is 1.37 bits per heavy atom. The predicted molar refractivity (Wildman–Crippen MR) is 104 cm³/mol. The number of hydrogen-bond acceptors (Lipinski definition) is 5. The van der Waals surface area contributed by atoms with Gasteiger partial charge in [0.1, 0.15) is 5.60 Å². The minimum absolute atomic E-state index is 0.249. The van der Waals surface area contributed by atoms with Crippen molar-refractivity contribution in [2.75, 3.05) is 13.1 Å². The summed E-state index contributed by atoms with van der Waals surface area (Å²) >= 11 is 0. The number of nitrogens with one attached hydrogen (secondary N) is 1. The van der Waals surface area contributed by atoms with Crippen molar-refractivity contribution in [1.29, 1.82) is 10.7 Å². The average Bonchev–Trinajstić information content (AvgIpc) is 2.60. The van der Waals surface area contributed by atoms with Crippen LogP contribution in [0.25, 0.3) is 0 Å². The van der Waals surface area contributed by atoms with Crippen LogP contribution in [0.1, 0.15) is 51.2 Å². The molecule has 2 N–H and O–H groups in total. The highest BCUT2D eigenvalue weighted by Gasteiger charge is 2.24. The Morgan fingerprint density at radius 2 is 2.04 bits per heavy atom. The zero-order valence-electron chi connectivity index (χ0n) is 16.2. The molecule has 144 valence electrons. The highest BCUT2D eigenvalue weighted by atomic mass is 16.6. The first-order valence-electron chi connectivity index (χ1n) is 9.10. The molecule has 0 aliphatic carbocycles. The molecule has 0 bridgehead atoms. The molecule has 1 atom stereocenters. The molecular weight excluding hydrogens is 342 g/mol. The molecule has 0 spiro atoms. The fourth-order valence-corrected chi connectivity index (χ4v) is 2.86. The zero-order valence-corrected chi connectivity index (χ0v) is 16.2. The van der Waals surface area contributed by atoms with Crippen LogP contribution in [0.15, 0.2) is 35.9 Å². The third-order valence-corrected chi connectivity index (χ3v) is 4.25. The summed E-state index contributed by atoms with van der Waals surface area (Å²) in [6, 6.07) is 8.85. The van der Waals surface area contributed by atoms with E-state index in [1.807, 2.05) is 32.9 Å². The molecule has 1 unspecified atom stereocenters. The van der Waals surface area contributed by atoms with Crippen molar-refractivity contribution >= 4 is 11.8 Å². The summed E-state index contributed by atoms with van der Waals surface area (Å²) in [7, 11) is 0. The lowest BCUT2D eigenvalue weighted by Crippen LogP contribution is -2.39. The highest BCUT2D eigenvalue weighted by molar-refractivity contribution is 5.98. The van der Waals surface area contributed by atoms with Gasteiger partial charge in [-0.15, -0.1) is 0 Å². The van der Waals surface area contributed by atoms with Crippen LogP contribution in [-0.2, 0) is 4.74 Å². The Balaban J connectivity index is 1.84. The number of amides is 1. The van der Waals surface area contributed by atoms with Gasteiger partial charge in [-0.2, -0.15) is 5.26 Å². The molecule has 0 saturated heterocycles. The summed E-state index contributed by atoms with van der Waals surface area (Å²) in [6.45, 7) is 6.57. The van der Waals surface area contributed by atoms with E-state index in [2.05, 4.69) is 0 Å². The Morgan fingerprint density at radius 3 is 2.56 bits per heavy atom. The molecule has 0 fully saturated rings. The van der Waals surface area contributed by atoms with Gasteiger partial charge < -0.3 is 20.2 Å². The maximum atomic E-state index is 12.1. The number of aliphatic hydroxyl groups excluding tert-OH is 1. The average molecular weight is 369 g/mol. The molecule has 1 aliphatic rings. The van der Waals surface area contributed by atoms with Crippen LogP contribution in [0.2, 0.25) is 0 Å². The third kappa shape index (κ3) is 6.54. The van der Waals surface area contributed by atoms with Gasteiger partial charge in [0.25, 0.3) is 0 Å². The molecule has 0 saturated carbocycles. The van der Waals surface area contributed by atoms with Crippen LogP contribution < -0.4 is 0 Å². The number of benzene rings is 1. The van der Waals surface area contributed by atoms with Crippen molar-refractivity contribution < 1.29 is 14.6 Å². The Kier molecular flexibility index (Phi) is 6.75. The molecule has 2 rings (SSSR count). The second-order valence-electron chi connectivity index (χ2n) is 7.77. The fourth-order valence-electron chi connectivity index (χ4n) is 2.86. The van der Waals surface area contributed by atoms with E-state index in [1.165, 1.54) is 0 Å². The second-order valence-corrected chi connectivity index (χ2v) is 7.77. The van der Waals surface area contributed by atoms with Crippen LogP contribution in [0.3, 0.4) is 0 Å². The van der Waals surface area contributed by atoms with E-state index in [-0.39, 0.29) is 12.5 Å². The molecule has 0 radical (unpaired) electrons. The number of nitrogens with zero attached hydrogens (tertiary/aromatic N) is 2. The lowest BCUT2D eigenvalue weighted by atomic mass is 9.96. The molecule has 1 heterocycles. The summed E-state index contributed by atoms with van der Waals surface area (Å²) in [5.41, 5.74) is 2.19. The highest BCUT2D eigenvalue weighted by Crippen LogP contribution is 2.20. The van der Waals surface area contributed by atoms with Crippen LogP contribution in [0.4, 0.5) is 4.79 Å². The van der Waals surface area contributed by atoms with Crippen molar-refractivity contribution in [3.63, 3.8) is 0 Å². The standard InChI is InChI=1S/C21H27N3O3/c1-21(2,3)27-20(26)24-10-8-15(9-11-24)12-18(25)13-19(23)17-6-4-16(14-22)5-7-17/h4-8,18,23,25H,9-13H2,1-3H3. The first-order chi connectivity index (χ1) is 12.7. The van der Waals surface area contributed by atoms with Crippen molar-refractivity contribution in [2.45, 2.75) is 51.7 Å². The first-order valence-corrected chi connectivity index (χ1v) is 9.10. The van der Waals surface area contributed by atoms with Gasteiger partial charge in [-0.3, -0.25) is 0 Å². The van der Waals surface area contributed by atoms with E-state index < -0.39 is 11.7 Å². The number of hydrogen-bond donors (Lipinski definition) is 2. The molecular formula is C21H27N3O3. The molecule has 1 aliphatic heterocycles. The van der Waals surface area contributed by atoms with Gasteiger partial charge in [0, 0.05) is 25.2 Å². The summed E-state index contributed by atoms with van der Waals surface area (Å²) in [5.74, 6) is 0. The zero-order chi connectivity index (χ0) is 20.0. The first kappa shape index (κ1) is 20.7. The Hall–Kier alpha value is -2.65. The molecule has 1 amide bonds. The van der Waals surface area contributed by atoms with Crippen molar-refractivity contribution in [3.8, 4) is 6.07 Å². The molecule has 6 heteroatoms. The number of carbonyl (C=O) groups excluding carboxylic acids is 1. The van der Waals surface area contributed by atoms with Gasteiger partial charge >= 0.3 is 6.09 Å². The van der Waals surface area contributed by atoms with E-state index in [4.69, 9.17) is 15.4 Å². The Bertz CT molecular complexity index is 754. The van der Waals surface area contributed by atoms with Gasteiger partial charge in [-0.05, 0) is 51.3 Å². The van der Waals surface area contributed by atoms with Crippen molar-refractivity contribution in [1.82, 2.24) is 4.90 Å². The molecule has 6 nitrogen and oxygen atoms in total. The molecule has 0 aromatic heterocycles. The van der Waals surface area contributed by atoms with E-state index >= 15 is 0 Å². The summed E-state index contributed by atoms with van der Waals surface area (Å²) in [6.07, 6.45) is 2.43. The van der Waals surface area contributed by atoms with Gasteiger partial charge in [0.2, 0.25) is 0 Å². The van der Waals surface area contributed by atoms with Gasteiger partial charge in [-0.25, -0.2) is 4.79 Å². The predicted octanol–water partition coefficient (Wildman–Crippen LogP) is 3.63. The van der Waals surface area contributed by atoms with E-state index in [0.717, 1.165) is 5.57 Å². The van der Waals surface area contributed by atoms with Crippen LogP contribution in [0, 0.1) is 16.7 Å². The topological polar surface area (TPSA) is 97.4 Å². The number of rotatable bonds is 5. The second kappa shape index (κ2) is 8.83. The monoisotopic (exact) mass is 369 g/mol. The number of carbonyl (C=O) groups is 1. The number of nitriles is 1. The van der Waals surface area contributed by atoms with E-state index in [1.54, 1.807) is 29.2 Å². The third-order valence-electron chi connectivity index (χ3n) is 4.25. The SMILES string of the molecule is CC(C)(C)OC(=O)N1CC=C(CC(O)CC(=N)c2ccc(C#N)cc2)CC1. The van der Waals surface area contributed by atoms with E-state index in [9.17, 15) is 9.90 Å². The van der Waals surface area contributed by atoms with Gasteiger partial charge in [0.05, 0.1) is 17.7 Å². The lowest BCUT2D eigenvalue weighted by Gasteiger charge is -2.30. The molecule has 27 heavy (non-hydrogen) atoms. The van der Waals surface area contributed by atoms with Crippen LogP contribution in [-0.4, -0.2) is 46.6 Å².